The van der Waals surface area contributed by atoms with Gasteiger partial charge in [-0.2, -0.15) is 0 Å². The lowest BCUT2D eigenvalue weighted by molar-refractivity contribution is 0.0273. The molecule has 0 radical (unpaired) electrons. The van der Waals surface area contributed by atoms with Crippen LogP contribution in [0.3, 0.4) is 0 Å². The highest BCUT2D eigenvalue weighted by Crippen LogP contribution is 2.20. The molecule has 1 aromatic rings. The summed E-state index contributed by atoms with van der Waals surface area (Å²) >= 11 is 3.41. The molecule has 1 aliphatic carbocycles. The molecule has 1 heterocycles. The Morgan fingerprint density at radius 3 is 2.90 bits per heavy atom. The van der Waals surface area contributed by atoms with E-state index in [1.54, 1.807) is 0 Å². The van der Waals surface area contributed by atoms with Crippen molar-refractivity contribution in [1.82, 2.24) is 9.88 Å². The lowest BCUT2D eigenvalue weighted by Gasteiger charge is -2.21. The first kappa shape index (κ1) is 16.6. The van der Waals surface area contributed by atoms with Crippen molar-refractivity contribution in [3.05, 3.63) is 22.4 Å². The Morgan fingerprint density at radius 2 is 2.19 bits per heavy atom. The molecule has 5 heteroatoms. The second kappa shape index (κ2) is 8.59. The number of aryl methyl sites for hydroxylation is 1. The van der Waals surface area contributed by atoms with Crippen molar-refractivity contribution in [2.45, 2.75) is 58.1 Å². The first-order valence-corrected chi connectivity index (χ1v) is 8.75. The van der Waals surface area contributed by atoms with E-state index in [2.05, 4.69) is 21.2 Å². The molecular formula is C16H25BrN2O2. The van der Waals surface area contributed by atoms with E-state index in [0.29, 0.717) is 18.3 Å². The van der Waals surface area contributed by atoms with Crippen molar-refractivity contribution in [1.29, 1.82) is 0 Å². The maximum absolute atomic E-state index is 12.1. The zero-order valence-electron chi connectivity index (χ0n) is 12.7. The number of nitrogens with one attached hydrogen (secondary N) is 1. The first-order valence-electron chi connectivity index (χ1n) is 7.96. The zero-order valence-corrected chi connectivity index (χ0v) is 14.3. The summed E-state index contributed by atoms with van der Waals surface area (Å²) in [5, 5.41) is 2.96. The molecule has 1 fully saturated rings. The number of hydrogen-bond acceptors (Lipinski definition) is 2. The van der Waals surface area contributed by atoms with E-state index >= 15 is 0 Å². The first-order chi connectivity index (χ1) is 10.2. The maximum atomic E-state index is 12.1. The summed E-state index contributed by atoms with van der Waals surface area (Å²) in [6.45, 7) is 4.22. The van der Waals surface area contributed by atoms with Gasteiger partial charge in [0.2, 0.25) is 0 Å². The third-order valence-electron chi connectivity index (χ3n) is 3.95. The highest BCUT2D eigenvalue weighted by atomic mass is 79.9. The Kier molecular flexibility index (Phi) is 6.77. The predicted octanol–water partition coefficient (Wildman–Crippen LogP) is 3.74. The Labute approximate surface area is 135 Å². The lowest BCUT2D eigenvalue weighted by Crippen LogP contribution is -2.28. The third-order valence-corrected chi connectivity index (χ3v) is 4.38. The van der Waals surface area contributed by atoms with Crippen molar-refractivity contribution in [2.75, 3.05) is 13.2 Å². The van der Waals surface area contributed by atoms with Crippen LogP contribution < -0.4 is 5.32 Å². The Hall–Kier alpha value is -0.810. The number of amides is 1. The van der Waals surface area contributed by atoms with Gasteiger partial charge in [0.05, 0.1) is 6.10 Å². The minimum atomic E-state index is -0.0137. The standard InChI is InChI=1S/C16H25BrN2O2/c1-2-19-12-13(17)11-15(19)16(20)18-9-6-10-21-14-7-4-3-5-8-14/h11-12,14H,2-10H2,1H3,(H,18,20). The molecule has 0 spiro atoms. The van der Waals surface area contributed by atoms with Crippen molar-refractivity contribution >= 4 is 21.8 Å². The minimum absolute atomic E-state index is 0.0137. The molecule has 118 valence electrons. The maximum Gasteiger partial charge on any atom is 0.267 e. The number of nitrogens with zero attached hydrogens (tertiary/aromatic N) is 1. The van der Waals surface area contributed by atoms with E-state index in [-0.39, 0.29) is 5.91 Å². The molecule has 0 aromatic carbocycles. The van der Waals surface area contributed by atoms with Crippen LogP contribution in [0.15, 0.2) is 16.7 Å². The van der Waals surface area contributed by atoms with Gasteiger partial charge in [-0.3, -0.25) is 4.79 Å². The van der Waals surface area contributed by atoms with Gasteiger partial charge in [0.15, 0.2) is 0 Å². The highest BCUT2D eigenvalue weighted by molar-refractivity contribution is 9.10. The number of ether oxygens (including phenoxy) is 1. The number of carbonyl (C=O) groups is 1. The summed E-state index contributed by atoms with van der Waals surface area (Å²) in [6.07, 6.45) is 9.59. The van der Waals surface area contributed by atoms with Gasteiger partial charge in [-0.15, -0.1) is 0 Å². The summed E-state index contributed by atoms with van der Waals surface area (Å²) in [4.78, 5) is 12.1. The molecular weight excluding hydrogens is 332 g/mol. The molecule has 1 N–H and O–H groups in total. The molecule has 1 saturated carbocycles. The van der Waals surface area contributed by atoms with Gasteiger partial charge in [0.25, 0.3) is 5.91 Å². The molecule has 1 amide bonds. The fraction of sp³-hybridized carbons (Fsp3) is 0.688. The van der Waals surface area contributed by atoms with Crippen LogP contribution in [-0.2, 0) is 11.3 Å². The van der Waals surface area contributed by atoms with Gasteiger partial charge in [0, 0.05) is 30.4 Å². The molecule has 2 rings (SSSR count). The third kappa shape index (κ3) is 5.15. The fourth-order valence-electron chi connectivity index (χ4n) is 2.77. The Balaban J connectivity index is 1.64. The van der Waals surface area contributed by atoms with Crippen molar-refractivity contribution < 1.29 is 9.53 Å². The molecule has 4 nitrogen and oxygen atoms in total. The normalized spacial score (nSPS) is 16.1. The van der Waals surface area contributed by atoms with Crippen molar-refractivity contribution in [2.24, 2.45) is 0 Å². The Morgan fingerprint density at radius 1 is 1.43 bits per heavy atom. The zero-order chi connectivity index (χ0) is 15.1. The van der Waals surface area contributed by atoms with Crippen LogP contribution in [0.4, 0.5) is 0 Å². The number of aromatic nitrogens is 1. The van der Waals surface area contributed by atoms with E-state index < -0.39 is 0 Å². The summed E-state index contributed by atoms with van der Waals surface area (Å²) in [5.41, 5.74) is 0.706. The number of carbonyl (C=O) groups excluding carboxylic acids is 1. The topological polar surface area (TPSA) is 43.3 Å². The van der Waals surface area contributed by atoms with Crippen molar-refractivity contribution in [3.63, 3.8) is 0 Å². The monoisotopic (exact) mass is 356 g/mol. The number of rotatable bonds is 7. The molecule has 0 unspecified atom stereocenters. The summed E-state index contributed by atoms with van der Waals surface area (Å²) in [7, 11) is 0. The van der Waals surface area contributed by atoms with Crippen LogP contribution in [0.2, 0.25) is 0 Å². The molecule has 0 bridgehead atoms. The molecule has 0 saturated heterocycles. The second-order valence-corrected chi connectivity index (χ2v) is 6.49. The van der Waals surface area contributed by atoms with E-state index in [4.69, 9.17) is 4.74 Å². The molecule has 0 atom stereocenters. The van der Waals surface area contributed by atoms with Gasteiger partial charge in [-0.25, -0.2) is 0 Å². The van der Waals surface area contributed by atoms with Gasteiger partial charge in [-0.05, 0) is 48.2 Å². The van der Waals surface area contributed by atoms with Gasteiger partial charge in [-0.1, -0.05) is 19.3 Å². The number of halogens is 1. The van der Waals surface area contributed by atoms with Crippen LogP contribution in [0.1, 0.15) is 55.9 Å². The smallest absolute Gasteiger partial charge is 0.267 e. The van der Waals surface area contributed by atoms with E-state index in [1.165, 1.54) is 32.1 Å². The molecule has 1 aromatic heterocycles. The van der Waals surface area contributed by atoms with Crippen molar-refractivity contribution in [3.8, 4) is 0 Å². The summed E-state index contributed by atoms with van der Waals surface area (Å²) in [6, 6.07) is 1.86. The average Bonchev–Trinajstić information content (AvgIpc) is 2.89. The van der Waals surface area contributed by atoms with Crippen LogP contribution in [0.5, 0.6) is 0 Å². The van der Waals surface area contributed by atoms with Crippen LogP contribution in [0.25, 0.3) is 0 Å². The molecule has 21 heavy (non-hydrogen) atoms. The molecule has 0 aliphatic heterocycles. The summed E-state index contributed by atoms with van der Waals surface area (Å²) in [5.74, 6) is -0.0137. The average molecular weight is 357 g/mol. The number of hydrogen-bond donors (Lipinski definition) is 1. The summed E-state index contributed by atoms with van der Waals surface area (Å²) < 4.78 is 8.74. The largest absolute Gasteiger partial charge is 0.378 e. The fourth-order valence-corrected chi connectivity index (χ4v) is 3.24. The Bertz CT molecular complexity index is 453. The quantitative estimate of drug-likeness (QED) is 0.756. The SMILES string of the molecule is CCn1cc(Br)cc1C(=O)NCCCOC1CCCCC1. The molecule has 1 aliphatic rings. The van der Waals surface area contributed by atoms with E-state index in [1.807, 2.05) is 23.8 Å². The van der Waals surface area contributed by atoms with E-state index in [9.17, 15) is 4.79 Å². The van der Waals surface area contributed by atoms with Gasteiger partial charge >= 0.3 is 0 Å². The second-order valence-electron chi connectivity index (χ2n) is 5.57. The van der Waals surface area contributed by atoms with Gasteiger partial charge < -0.3 is 14.6 Å². The van der Waals surface area contributed by atoms with Crippen LogP contribution in [-0.4, -0.2) is 29.7 Å². The van der Waals surface area contributed by atoms with E-state index in [0.717, 1.165) is 24.0 Å². The van der Waals surface area contributed by atoms with Gasteiger partial charge in [0.1, 0.15) is 5.69 Å². The predicted molar refractivity (Wildman–Crippen MR) is 87.6 cm³/mol. The minimum Gasteiger partial charge on any atom is -0.378 e. The van der Waals surface area contributed by atoms with Crippen LogP contribution in [0, 0.1) is 0 Å². The highest BCUT2D eigenvalue weighted by Gasteiger charge is 2.14. The van der Waals surface area contributed by atoms with Crippen LogP contribution >= 0.6 is 15.9 Å². The lowest BCUT2D eigenvalue weighted by atomic mass is 9.98.